The molecule has 5 heteroatoms. The molecule has 0 saturated heterocycles. The highest BCUT2D eigenvalue weighted by Crippen LogP contribution is 2.43. The van der Waals surface area contributed by atoms with Crippen LogP contribution in [0.1, 0.15) is 86.1 Å². The van der Waals surface area contributed by atoms with Crippen molar-refractivity contribution in [2.75, 3.05) is 0 Å². The predicted octanol–water partition coefficient (Wildman–Crippen LogP) is 6.01. The second-order valence-corrected chi connectivity index (χ2v) is 10.6. The summed E-state index contributed by atoms with van der Waals surface area (Å²) in [6.07, 6.45) is 3.51. The summed E-state index contributed by atoms with van der Waals surface area (Å²) in [5, 5.41) is 2.72. The summed E-state index contributed by atoms with van der Waals surface area (Å²) in [5.41, 5.74) is 0.520. The first kappa shape index (κ1) is 25.2. The van der Waals surface area contributed by atoms with Gasteiger partial charge in [0.15, 0.2) is 0 Å². The van der Waals surface area contributed by atoms with Crippen LogP contribution in [0.5, 0.6) is 0 Å². The normalized spacial score (nSPS) is 23.0. The number of ether oxygens (including phenoxy) is 2. The van der Waals surface area contributed by atoms with E-state index < -0.39 is 17.7 Å². The maximum absolute atomic E-state index is 13.1. The molecule has 4 atom stereocenters. The van der Waals surface area contributed by atoms with E-state index in [2.05, 4.69) is 50.4 Å². The van der Waals surface area contributed by atoms with Crippen molar-refractivity contribution in [3.8, 4) is 0 Å². The van der Waals surface area contributed by atoms with Crippen molar-refractivity contribution in [1.29, 1.82) is 0 Å². The Morgan fingerprint density at radius 1 is 1.10 bits per heavy atom. The minimum absolute atomic E-state index is 0.120. The Kier molecular flexibility index (Phi) is 8.56. The molecule has 0 heterocycles. The van der Waals surface area contributed by atoms with E-state index in [0.29, 0.717) is 12.3 Å². The van der Waals surface area contributed by atoms with Gasteiger partial charge >= 0.3 is 12.1 Å². The molecule has 0 unspecified atom stereocenters. The predicted molar refractivity (Wildman–Crippen MR) is 124 cm³/mol. The van der Waals surface area contributed by atoms with Crippen molar-refractivity contribution in [2.24, 2.45) is 11.8 Å². The highest BCUT2D eigenvalue weighted by atomic mass is 16.6. The molecule has 1 saturated carbocycles. The molecule has 5 nitrogen and oxygen atoms in total. The van der Waals surface area contributed by atoms with Gasteiger partial charge in [-0.15, -0.1) is 0 Å². The molecule has 1 N–H and O–H groups in total. The first-order valence-electron chi connectivity index (χ1n) is 11.7. The summed E-state index contributed by atoms with van der Waals surface area (Å²) in [6.45, 7) is 14.1. The standard InChI is InChI=1S/C26H41NO4/c1-8-12-21(27-24(29)31-25(3,4)5)23(28)30-22-17-18(2)15-16-20(22)26(6,7)19-13-10-9-11-14-19/h9-11,13-14,18,20-22H,8,12,15-17H2,1-7H3,(H,27,29)/t18-,20-,21+,22-/m1/s1. The van der Waals surface area contributed by atoms with Crippen LogP contribution in [0.2, 0.25) is 0 Å². The SMILES string of the molecule is CCC[C@H](NC(=O)OC(C)(C)C)C(=O)O[C@@H]1C[C@H](C)CC[C@H]1C(C)(C)c1ccccc1. The second-order valence-electron chi connectivity index (χ2n) is 10.6. The smallest absolute Gasteiger partial charge is 0.408 e. The third kappa shape index (κ3) is 7.26. The van der Waals surface area contributed by atoms with Gasteiger partial charge in [-0.2, -0.15) is 0 Å². The molecular weight excluding hydrogens is 390 g/mol. The third-order valence-corrected chi connectivity index (χ3v) is 6.32. The van der Waals surface area contributed by atoms with E-state index in [4.69, 9.17) is 9.47 Å². The number of hydrogen-bond donors (Lipinski definition) is 1. The molecule has 1 aliphatic carbocycles. The Hall–Kier alpha value is -2.04. The lowest BCUT2D eigenvalue weighted by molar-refractivity contribution is -0.159. The van der Waals surface area contributed by atoms with Crippen LogP contribution < -0.4 is 5.32 Å². The maximum atomic E-state index is 13.1. The van der Waals surface area contributed by atoms with E-state index in [9.17, 15) is 9.59 Å². The maximum Gasteiger partial charge on any atom is 0.408 e. The van der Waals surface area contributed by atoms with Crippen LogP contribution in [0.4, 0.5) is 4.79 Å². The molecule has 31 heavy (non-hydrogen) atoms. The van der Waals surface area contributed by atoms with E-state index >= 15 is 0 Å². The Bertz CT molecular complexity index is 723. The van der Waals surface area contributed by atoms with E-state index in [0.717, 1.165) is 25.7 Å². The van der Waals surface area contributed by atoms with E-state index in [1.807, 2.05) is 13.0 Å². The third-order valence-electron chi connectivity index (χ3n) is 6.32. The Labute approximate surface area is 188 Å². The quantitative estimate of drug-likeness (QED) is 0.537. The molecule has 174 valence electrons. The Morgan fingerprint density at radius 3 is 2.32 bits per heavy atom. The summed E-state index contributed by atoms with van der Waals surface area (Å²) >= 11 is 0. The minimum atomic E-state index is -0.697. The number of hydrogen-bond acceptors (Lipinski definition) is 4. The van der Waals surface area contributed by atoms with Gasteiger partial charge in [-0.3, -0.25) is 0 Å². The van der Waals surface area contributed by atoms with Gasteiger partial charge in [0.05, 0.1) is 0 Å². The minimum Gasteiger partial charge on any atom is -0.461 e. The van der Waals surface area contributed by atoms with Gasteiger partial charge in [-0.1, -0.05) is 70.9 Å². The number of carbonyl (C=O) groups excluding carboxylic acids is 2. The van der Waals surface area contributed by atoms with Gasteiger partial charge in [0.1, 0.15) is 17.7 Å². The van der Waals surface area contributed by atoms with Crippen molar-refractivity contribution in [1.82, 2.24) is 5.32 Å². The molecule has 2 rings (SSSR count). The van der Waals surface area contributed by atoms with Gasteiger partial charge in [0.2, 0.25) is 0 Å². The Morgan fingerprint density at radius 2 is 1.74 bits per heavy atom. The molecule has 0 bridgehead atoms. The number of rotatable bonds is 7. The molecule has 0 aliphatic heterocycles. The van der Waals surface area contributed by atoms with Crippen LogP contribution in [0.3, 0.4) is 0 Å². The van der Waals surface area contributed by atoms with E-state index in [1.54, 1.807) is 20.8 Å². The fourth-order valence-corrected chi connectivity index (χ4v) is 4.59. The van der Waals surface area contributed by atoms with Gasteiger partial charge in [0.25, 0.3) is 0 Å². The van der Waals surface area contributed by atoms with E-state index in [-0.39, 0.29) is 23.4 Å². The van der Waals surface area contributed by atoms with Crippen LogP contribution in [0, 0.1) is 11.8 Å². The molecule has 0 radical (unpaired) electrons. The van der Waals surface area contributed by atoms with Gasteiger partial charge in [-0.25, -0.2) is 9.59 Å². The fraction of sp³-hybridized carbons (Fsp3) is 0.692. The first-order chi connectivity index (χ1) is 14.4. The lowest BCUT2D eigenvalue weighted by Crippen LogP contribution is -2.48. The van der Waals surface area contributed by atoms with Crippen LogP contribution in [-0.2, 0) is 19.7 Å². The molecule has 1 aromatic rings. The zero-order chi connectivity index (χ0) is 23.2. The summed E-state index contributed by atoms with van der Waals surface area (Å²) in [6, 6.07) is 9.76. The van der Waals surface area contributed by atoms with Gasteiger partial charge < -0.3 is 14.8 Å². The number of nitrogens with one attached hydrogen (secondary N) is 1. The molecule has 0 aromatic heterocycles. The first-order valence-corrected chi connectivity index (χ1v) is 11.7. The number of esters is 1. The summed E-state index contributed by atoms with van der Waals surface area (Å²) in [7, 11) is 0. The lowest BCUT2D eigenvalue weighted by Gasteiger charge is -2.44. The van der Waals surface area contributed by atoms with Crippen molar-refractivity contribution in [3.63, 3.8) is 0 Å². The zero-order valence-corrected chi connectivity index (χ0v) is 20.4. The highest BCUT2D eigenvalue weighted by molar-refractivity contribution is 5.81. The number of benzene rings is 1. The summed E-state index contributed by atoms with van der Waals surface area (Å²) in [5.74, 6) is 0.364. The molecule has 1 amide bonds. The number of carbonyl (C=O) groups is 2. The van der Waals surface area contributed by atoms with E-state index in [1.165, 1.54) is 5.56 Å². The number of amides is 1. The average Bonchev–Trinajstić information content (AvgIpc) is 2.66. The average molecular weight is 432 g/mol. The number of alkyl carbamates (subject to hydrolysis) is 1. The monoisotopic (exact) mass is 431 g/mol. The van der Waals surface area contributed by atoms with Crippen LogP contribution in [0.25, 0.3) is 0 Å². The summed E-state index contributed by atoms with van der Waals surface area (Å²) < 4.78 is 11.5. The lowest BCUT2D eigenvalue weighted by atomic mass is 9.64. The molecule has 1 aromatic carbocycles. The molecule has 0 spiro atoms. The van der Waals surface area contributed by atoms with Crippen molar-refractivity contribution < 1.29 is 19.1 Å². The van der Waals surface area contributed by atoms with Crippen molar-refractivity contribution in [2.45, 2.75) is 104 Å². The second kappa shape index (κ2) is 10.5. The largest absolute Gasteiger partial charge is 0.461 e. The zero-order valence-electron chi connectivity index (χ0n) is 20.4. The Balaban J connectivity index is 2.16. The molecular formula is C26H41NO4. The summed E-state index contributed by atoms with van der Waals surface area (Å²) in [4.78, 5) is 25.4. The van der Waals surface area contributed by atoms with Crippen molar-refractivity contribution >= 4 is 12.1 Å². The molecule has 1 fully saturated rings. The molecule has 1 aliphatic rings. The highest BCUT2D eigenvalue weighted by Gasteiger charge is 2.42. The topological polar surface area (TPSA) is 64.6 Å². The van der Waals surface area contributed by atoms with Crippen molar-refractivity contribution in [3.05, 3.63) is 35.9 Å². The van der Waals surface area contributed by atoms with Crippen LogP contribution >= 0.6 is 0 Å². The van der Waals surface area contributed by atoms with Crippen LogP contribution in [0.15, 0.2) is 30.3 Å². The van der Waals surface area contributed by atoms with Gasteiger partial charge in [0, 0.05) is 5.92 Å². The van der Waals surface area contributed by atoms with Gasteiger partial charge in [-0.05, 0) is 56.9 Å². The van der Waals surface area contributed by atoms with Crippen LogP contribution in [-0.4, -0.2) is 29.8 Å². The fourth-order valence-electron chi connectivity index (χ4n) is 4.59.